The molecule has 1 aliphatic rings. The molecule has 232 valence electrons. The van der Waals surface area contributed by atoms with Gasteiger partial charge in [-0.15, -0.1) is 0 Å². The molecule has 7 unspecified atom stereocenters. The molecule has 10 heteroatoms. The van der Waals surface area contributed by atoms with Crippen molar-refractivity contribution >= 4 is 24.0 Å². The minimum Gasteiger partial charge on any atom is -0.379 e. The van der Waals surface area contributed by atoms with E-state index in [0.717, 1.165) is 25.5 Å². The van der Waals surface area contributed by atoms with Crippen LogP contribution in [0.3, 0.4) is 0 Å². The molecule has 2 N–H and O–H groups in total. The van der Waals surface area contributed by atoms with Crippen LogP contribution in [0.25, 0.3) is 0 Å². The second-order valence-electron chi connectivity index (χ2n) is 12.0. The summed E-state index contributed by atoms with van der Waals surface area (Å²) in [5, 5.41) is 6.01. The van der Waals surface area contributed by atoms with Crippen LogP contribution in [0.15, 0.2) is 0 Å². The Morgan fingerprint density at radius 2 is 1.62 bits per heavy atom. The second-order valence-corrected chi connectivity index (χ2v) is 12.0. The predicted molar refractivity (Wildman–Crippen MR) is 157 cm³/mol. The van der Waals surface area contributed by atoms with Crippen molar-refractivity contribution in [3.8, 4) is 0 Å². The fourth-order valence-electron chi connectivity index (χ4n) is 6.01. The maximum atomic E-state index is 13.9. The van der Waals surface area contributed by atoms with Crippen LogP contribution in [0.5, 0.6) is 0 Å². The van der Waals surface area contributed by atoms with Gasteiger partial charge < -0.3 is 34.7 Å². The van der Waals surface area contributed by atoms with E-state index in [2.05, 4.69) is 17.6 Å². The fourth-order valence-corrected chi connectivity index (χ4v) is 6.01. The molecule has 0 bridgehead atoms. The van der Waals surface area contributed by atoms with Crippen LogP contribution < -0.4 is 10.6 Å². The highest BCUT2D eigenvalue weighted by Gasteiger charge is 2.41. The van der Waals surface area contributed by atoms with E-state index in [9.17, 15) is 19.2 Å². The number of rotatable bonds is 17. The number of nitrogens with one attached hydrogen (secondary N) is 2. The highest BCUT2D eigenvalue weighted by Crippen LogP contribution is 2.29. The van der Waals surface area contributed by atoms with Crippen LogP contribution in [0.2, 0.25) is 0 Å². The van der Waals surface area contributed by atoms with Crippen LogP contribution in [0, 0.1) is 23.7 Å². The van der Waals surface area contributed by atoms with Gasteiger partial charge in [0.25, 0.3) is 0 Å². The van der Waals surface area contributed by atoms with Crippen molar-refractivity contribution in [3.05, 3.63) is 0 Å². The quantitative estimate of drug-likeness (QED) is 0.259. The number of ether oxygens (including phenoxy) is 2. The Kier molecular flexibility index (Phi) is 15.3. The molecule has 3 amide bonds. The van der Waals surface area contributed by atoms with Gasteiger partial charge in [-0.2, -0.15) is 0 Å². The normalized spacial score (nSPS) is 20.9. The highest BCUT2D eigenvalue weighted by molar-refractivity contribution is 5.90. The Morgan fingerprint density at radius 3 is 2.08 bits per heavy atom. The molecule has 0 spiro atoms. The zero-order valence-electron chi connectivity index (χ0n) is 26.7. The van der Waals surface area contributed by atoms with Gasteiger partial charge in [-0.05, 0) is 37.6 Å². The van der Waals surface area contributed by atoms with Gasteiger partial charge in [0.05, 0.1) is 36.8 Å². The van der Waals surface area contributed by atoms with Crippen molar-refractivity contribution in [2.45, 2.75) is 111 Å². The van der Waals surface area contributed by atoms with Crippen molar-refractivity contribution < 1.29 is 28.7 Å². The largest absolute Gasteiger partial charge is 0.379 e. The van der Waals surface area contributed by atoms with Gasteiger partial charge in [0.15, 0.2) is 0 Å². The molecular formula is C30H56N4O6. The lowest BCUT2D eigenvalue weighted by Crippen LogP contribution is -2.59. The molecule has 10 nitrogen and oxygen atoms in total. The van der Waals surface area contributed by atoms with Gasteiger partial charge in [-0.1, -0.05) is 54.9 Å². The molecule has 1 fully saturated rings. The van der Waals surface area contributed by atoms with E-state index in [-0.39, 0.29) is 66.0 Å². The summed E-state index contributed by atoms with van der Waals surface area (Å²) in [5.74, 6) is -0.879. The second kappa shape index (κ2) is 17.0. The number of likely N-dealkylation sites (tertiary alicyclic amines) is 1. The molecule has 40 heavy (non-hydrogen) atoms. The van der Waals surface area contributed by atoms with Gasteiger partial charge >= 0.3 is 0 Å². The molecule has 1 heterocycles. The average Bonchev–Trinajstić information content (AvgIpc) is 3.40. The summed E-state index contributed by atoms with van der Waals surface area (Å²) in [6.45, 7) is 14.2. The van der Waals surface area contributed by atoms with Crippen LogP contribution in [-0.2, 0) is 28.7 Å². The van der Waals surface area contributed by atoms with Crippen LogP contribution in [0.1, 0.15) is 74.1 Å². The Hall–Kier alpha value is -2.04. The van der Waals surface area contributed by atoms with Gasteiger partial charge in [0, 0.05) is 33.7 Å². The molecular weight excluding hydrogens is 512 g/mol. The zero-order chi connectivity index (χ0) is 30.7. The molecule has 0 aliphatic carbocycles. The number of carbonyl (C=O) groups is 4. The average molecular weight is 569 g/mol. The third-order valence-electron chi connectivity index (χ3n) is 8.58. The number of nitrogens with zero attached hydrogens (tertiary/aromatic N) is 2. The smallest absolute Gasteiger partial charge is 0.245 e. The summed E-state index contributed by atoms with van der Waals surface area (Å²) in [7, 11) is 6.62. The van der Waals surface area contributed by atoms with Crippen molar-refractivity contribution in [2.24, 2.45) is 23.7 Å². The number of methoxy groups -OCH3 is 2. The van der Waals surface area contributed by atoms with Gasteiger partial charge in [0.1, 0.15) is 12.3 Å². The molecule has 0 aromatic carbocycles. The summed E-state index contributed by atoms with van der Waals surface area (Å²) in [4.78, 5) is 55.6. The lowest BCUT2D eigenvalue weighted by molar-refractivity contribution is -0.147. The van der Waals surface area contributed by atoms with E-state index in [1.807, 2.05) is 46.4 Å². The SMILES string of the molecule is CCC(C)C(C(CC(=O)N1CCCC1C(OC)C(C)C=O)OC)N(C)C(=O)[C@@H](NC(=O)C(NC)C(C)C)C(C)C. The highest BCUT2D eigenvalue weighted by atomic mass is 16.5. The van der Waals surface area contributed by atoms with Crippen molar-refractivity contribution in [2.75, 3.05) is 34.9 Å². The predicted octanol–water partition coefficient (Wildman–Crippen LogP) is 2.49. The number of aldehydes is 1. The lowest BCUT2D eigenvalue weighted by Gasteiger charge is -2.41. The first kappa shape index (κ1) is 36.0. The van der Waals surface area contributed by atoms with E-state index in [1.54, 1.807) is 33.2 Å². The van der Waals surface area contributed by atoms with E-state index >= 15 is 0 Å². The molecule has 8 atom stereocenters. The van der Waals surface area contributed by atoms with Gasteiger partial charge in [-0.3, -0.25) is 14.4 Å². The van der Waals surface area contributed by atoms with E-state index < -0.39 is 18.2 Å². The third-order valence-corrected chi connectivity index (χ3v) is 8.58. The Labute approximate surface area is 242 Å². The monoisotopic (exact) mass is 568 g/mol. The minimum absolute atomic E-state index is 0.0344. The van der Waals surface area contributed by atoms with E-state index in [4.69, 9.17) is 9.47 Å². The maximum absolute atomic E-state index is 13.9. The summed E-state index contributed by atoms with van der Waals surface area (Å²) in [5.41, 5.74) is 0. The first-order valence-electron chi connectivity index (χ1n) is 14.9. The Morgan fingerprint density at radius 1 is 1.02 bits per heavy atom. The van der Waals surface area contributed by atoms with Crippen molar-refractivity contribution in [1.29, 1.82) is 0 Å². The number of amides is 3. The van der Waals surface area contributed by atoms with Gasteiger partial charge in [0.2, 0.25) is 17.7 Å². The molecule has 0 saturated carbocycles. The number of hydrogen-bond acceptors (Lipinski definition) is 7. The molecule has 1 rings (SSSR count). The summed E-state index contributed by atoms with van der Waals surface area (Å²) >= 11 is 0. The van der Waals surface area contributed by atoms with E-state index in [1.165, 1.54) is 0 Å². The third kappa shape index (κ3) is 8.98. The Bertz CT molecular complexity index is 822. The lowest BCUT2D eigenvalue weighted by atomic mass is 9.89. The first-order valence-corrected chi connectivity index (χ1v) is 14.9. The van der Waals surface area contributed by atoms with Crippen LogP contribution >= 0.6 is 0 Å². The molecule has 0 radical (unpaired) electrons. The molecule has 0 aromatic rings. The fraction of sp³-hybridized carbons (Fsp3) is 0.867. The number of hydrogen-bond donors (Lipinski definition) is 2. The van der Waals surface area contributed by atoms with Crippen molar-refractivity contribution in [3.63, 3.8) is 0 Å². The van der Waals surface area contributed by atoms with Crippen molar-refractivity contribution in [1.82, 2.24) is 20.4 Å². The summed E-state index contributed by atoms with van der Waals surface area (Å²) in [6, 6.07) is -1.70. The summed E-state index contributed by atoms with van der Waals surface area (Å²) < 4.78 is 11.6. The number of likely N-dealkylation sites (N-methyl/N-ethyl adjacent to an activating group) is 2. The van der Waals surface area contributed by atoms with E-state index in [0.29, 0.717) is 6.54 Å². The minimum atomic E-state index is -0.720. The topological polar surface area (TPSA) is 117 Å². The first-order chi connectivity index (χ1) is 18.8. The van der Waals surface area contributed by atoms with Crippen LogP contribution in [0.4, 0.5) is 0 Å². The summed E-state index contributed by atoms with van der Waals surface area (Å²) in [6.07, 6.45) is 2.43. The maximum Gasteiger partial charge on any atom is 0.245 e. The number of carbonyl (C=O) groups excluding carboxylic acids is 4. The molecule has 1 aliphatic heterocycles. The van der Waals surface area contributed by atoms with Gasteiger partial charge in [-0.25, -0.2) is 0 Å². The molecule has 1 saturated heterocycles. The molecule has 0 aromatic heterocycles. The standard InChI is InChI=1S/C30H56N4O6/c1-12-20(6)27(33(9)30(38)26(19(4)5)32-29(37)25(31-8)18(2)3)23(39-10)16-24(36)34-15-13-14-22(34)28(40-11)21(7)17-35/h17-23,25-28,31H,12-16H2,1-11H3,(H,32,37)/t20?,21?,22?,23?,25?,26-,27?,28?/m0/s1. The Balaban J connectivity index is 3.22. The van der Waals surface area contributed by atoms with Crippen LogP contribution in [-0.4, -0.2) is 105 Å². The zero-order valence-corrected chi connectivity index (χ0v) is 26.7.